The van der Waals surface area contributed by atoms with Crippen molar-refractivity contribution in [3.63, 3.8) is 0 Å². The first kappa shape index (κ1) is 17.4. The van der Waals surface area contributed by atoms with E-state index in [2.05, 4.69) is 6.92 Å². The van der Waals surface area contributed by atoms with Gasteiger partial charge in [-0.3, -0.25) is 0 Å². The van der Waals surface area contributed by atoms with Crippen LogP contribution in [0.1, 0.15) is 110 Å². The molecule has 0 radical (unpaired) electrons. The summed E-state index contributed by atoms with van der Waals surface area (Å²) in [5.74, 6) is 7.65. The average Bonchev–Trinajstić information content (AvgIpc) is 3.38. The maximum atomic E-state index is 2.75. The van der Waals surface area contributed by atoms with Crippen molar-refractivity contribution < 1.29 is 0 Å². The van der Waals surface area contributed by atoms with Crippen molar-refractivity contribution in [2.45, 2.75) is 110 Å². The summed E-state index contributed by atoms with van der Waals surface area (Å²) >= 11 is 0. The lowest BCUT2D eigenvalue weighted by molar-refractivity contribution is 0.0512. The van der Waals surface area contributed by atoms with Gasteiger partial charge in [-0.15, -0.1) is 0 Å². The Balaban J connectivity index is 1.55. The van der Waals surface area contributed by atoms with E-state index in [1.54, 1.807) is 51.4 Å². The van der Waals surface area contributed by atoms with Crippen LogP contribution in [0, 0.1) is 41.4 Å². The van der Waals surface area contributed by atoms with Crippen LogP contribution in [0.25, 0.3) is 0 Å². The van der Waals surface area contributed by atoms with Crippen LogP contribution >= 0.6 is 0 Å². The zero-order chi connectivity index (χ0) is 16.4. The fourth-order valence-corrected chi connectivity index (χ4v) is 8.11. The monoisotopic (exact) mass is 330 g/mol. The Kier molecular flexibility index (Phi) is 5.90. The Hall–Kier alpha value is 0. The van der Waals surface area contributed by atoms with Crippen molar-refractivity contribution in [2.24, 2.45) is 41.4 Å². The van der Waals surface area contributed by atoms with Gasteiger partial charge in [0.1, 0.15) is 0 Å². The molecule has 0 nitrogen and oxygen atoms in total. The normalized spacial score (nSPS) is 28.5. The van der Waals surface area contributed by atoms with Gasteiger partial charge in [0.2, 0.25) is 0 Å². The SMILES string of the molecule is CC(C(C1CCCC1)C1CCCC1)C(C1CCCC1)C1CCCC1. The summed E-state index contributed by atoms with van der Waals surface area (Å²) in [6.45, 7) is 2.75. The van der Waals surface area contributed by atoms with E-state index in [0.717, 1.165) is 41.4 Å². The number of hydrogen-bond acceptors (Lipinski definition) is 0. The summed E-state index contributed by atoms with van der Waals surface area (Å²) in [5, 5.41) is 0. The quantitative estimate of drug-likeness (QED) is 0.470. The first-order valence-corrected chi connectivity index (χ1v) is 11.8. The average molecular weight is 331 g/mol. The Morgan fingerprint density at radius 1 is 0.417 bits per heavy atom. The highest BCUT2D eigenvalue weighted by Gasteiger charge is 2.44. The molecule has 4 aliphatic rings. The van der Waals surface area contributed by atoms with Gasteiger partial charge < -0.3 is 0 Å². The fourth-order valence-electron chi connectivity index (χ4n) is 8.11. The molecule has 0 aliphatic heterocycles. The fraction of sp³-hybridized carbons (Fsp3) is 1.00. The molecular weight excluding hydrogens is 288 g/mol. The zero-order valence-electron chi connectivity index (χ0n) is 16.4. The van der Waals surface area contributed by atoms with Gasteiger partial charge in [-0.25, -0.2) is 0 Å². The molecule has 0 atom stereocenters. The molecule has 0 spiro atoms. The molecule has 0 amide bonds. The molecule has 4 rings (SSSR count). The predicted molar refractivity (Wildman–Crippen MR) is 104 cm³/mol. The van der Waals surface area contributed by atoms with Crippen LogP contribution in [0.5, 0.6) is 0 Å². The van der Waals surface area contributed by atoms with Crippen molar-refractivity contribution in [3.05, 3.63) is 0 Å². The highest BCUT2D eigenvalue weighted by atomic mass is 14.5. The van der Waals surface area contributed by atoms with Crippen LogP contribution < -0.4 is 0 Å². The second-order valence-corrected chi connectivity index (χ2v) is 10.2. The third kappa shape index (κ3) is 3.59. The van der Waals surface area contributed by atoms with Gasteiger partial charge in [0.15, 0.2) is 0 Å². The van der Waals surface area contributed by atoms with Crippen LogP contribution in [0.4, 0.5) is 0 Å². The summed E-state index contributed by atoms with van der Waals surface area (Å²) in [6, 6.07) is 0. The molecule has 0 aromatic carbocycles. The van der Waals surface area contributed by atoms with Gasteiger partial charge in [0, 0.05) is 0 Å². The predicted octanol–water partition coefficient (Wildman–Crippen LogP) is 7.62. The van der Waals surface area contributed by atoms with E-state index in [1.807, 2.05) is 0 Å². The summed E-state index contributed by atoms with van der Waals surface area (Å²) < 4.78 is 0. The summed E-state index contributed by atoms with van der Waals surface area (Å²) in [4.78, 5) is 0. The van der Waals surface area contributed by atoms with E-state index in [1.165, 1.54) is 51.4 Å². The van der Waals surface area contributed by atoms with E-state index in [-0.39, 0.29) is 0 Å². The summed E-state index contributed by atoms with van der Waals surface area (Å²) in [5.41, 5.74) is 0. The van der Waals surface area contributed by atoms with Gasteiger partial charge in [-0.1, -0.05) is 110 Å². The first-order chi connectivity index (χ1) is 11.8. The molecule has 138 valence electrons. The van der Waals surface area contributed by atoms with Crippen molar-refractivity contribution in [2.75, 3.05) is 0 Å². The van der Waals surface area contributed by atoms with E-state index < -0.39 is 0 Å². The highest BCUT2D eigenvalue weighted by molar-refractivity contribution is 4.94. The Labute approximate surface area is 151 Å². The minimum absolute atomic E-state index is 1.03. The lowest BCUT2D eigenvalue weighted by atomic mass is 9.62. The molecule has 0 unspecified atom stereocenters. The van der Waals surface area contributed by atoms with E-state index in [9.17, 15) is 0 Å². The second kappa shape index (κ2) is 8.13. The minimum Gasteiger partial charge on any atom is -0.0619 e. The van der Waals surface area contributed by atoms with Crippen molar-refractivity contribution in [1.29, 1.82) is 0 Å². The van der Waals surface area contributed by atoms with Crippen LogP contribution in [-0.2, 0) is 0 Å². The van der Waals surface area contributed by atoms with E-state index in [4.69, 9.17) is 0 Å². The zero-order valence-corrected chi connectivity index (χ0v) is 16.4. The van der Waals surface area contributed by atoms with Crippen molar-refractivity contribution in [3.8, 4) is 0 Å². The lowest BCUT2D eigenvalue weighted by Crippen LogP contribution is -2.37. The molecule has 4 aliphatic carbocycles. The molecule has 0 N–H and O–H groups in total. The van der Waals surface area contributed by atoms with Crippen LogP contribution in [0.3, 0.4) is 0 Å². The largest absolute Gasteiger partial charge is 0.0619 e. The molecule has 4 fully saturated rings. The lowest BCUT2D eigenvalue weighted by Gasteiger charge is -2.43. The summed E-state index contributed by atoms with van der Waals surface area (Å²) in [6.07, 6.45) is 24.9. The van der Waals surface area contributed by atoms with Crippen LogP contribution in [0.2, 0.25) is 0 Å². The number of hydrogen-bond donors (Lipinski definition) is 0. The standard InChI is InChI=1S/C24H42/c1-18(23(19-10-2-3-11-19)20-12-4-5-13-20)24(21-14-6-7-15-21)22-16-8-9-17-22/h18-24H,2-17H2,1H3. The van der Waals surface area contributed by atoms with Crippen molar-refractivity contribution in [1.82, 2.24) is 0 Å². The third-order valence-corrected chi connectivity index (χ3v) is 8.99. The molecule has 0 heteroatoms. The Bertz CT molecular complexity index is 293. The van der Waals surface area contributed by atoms with Gasteiger partial charge in [0.05, 0.1) is 0 Å². The second-order valence-electron chi connectivity index (χ2n) is 10.2. The third-order valence-electron chi connectivity index (χ3n) is 8.99. The van der Waals surface area contributed by atoms with Gasteiger partial charge >= 0.3 is 0 Å². The van der Waals surface area contributed by atoms with Crippen LogP contribution in [0.15, 0.2) is 0 Å². The molecule has 0 bridgehead atoms. The Morgan fingerprint density at radius 2 is 0.625 bits per heavy atom. The van der Waals surface area contributed by atoms with Gasteiger partial charge in [0.25, 0.3) is 0 Å². The van der Waals surface area contributed by atoms with Gasteiger partial charge in [-0.05, 0) is 41.4 Å². The molecule has 4 saturated carbocycles. The maximum absolute atomic E-state index is 2.75. The topological polar surface area (TPSA) is 0 Å². The minimum atomic E-state index is 1.03. The first-order valence-electron chi connectivity index (χ1n) is 11.8. The molecule has 0 saturated heterocycles. The summed E-state index contributed by atoms with van der Waals surface area (Å²) in [7, 11) is 0. The highest BCUT2D eigenvalue weighted by Crippen LogP contribution is 2.53. The van der Waals surface area contributed by atoms with Gasteiger partial charge in [-0.2, -0.15) is 0 Å². The maximum Gasteiger partial charge on any atom is -0.0329 e. The molecule has 0 aromatic heterocycles. The molecule has 0 heterocycles. The van der Waals surface area contributed by atoms with E-state index >= 15 is 0 Å². The molecule has 0 aromatic rings. The smallest absolute Gasteiger partial charge is 0.0329 e. The van der Waals surface area contributed by atoms with E-state index in [0.29, 0.717) is 0 Å². The Morgan fingerprint density at radius 3 is 0.833 bits per heavy atom. The number of rotatable bonds is 6. The van der Waals surface area contributed by atoms with Crippen LogP contribution in [-0.4, -0.2) is 0 Å². The molecule has 24 heavy (non-hydrogen) atoms. The molecular formula is C24H42. The van der Waals surface area contributed by atoms with Crippen molar-refractivity contribution >= 4 is 0 Å².